The zero-order valence-electron chi connectivity index (χ0n) is 13.6. The molecule has 0 aromatic heterocycles. The van der Waals surface area contributed by atoms with Crippen LogP contribution in [0.15, 0.2) is 0 Å². The second-order valence-corrected chi connectivity index (χ2v) is 7.52. The van der Waals surface area contributed by atoms with Crippen LogP contribution in [-0.2, 0) is 4.79 Å². The minimum absolute atomic E-state index is 0.101. The summed E-state index contributed by atoms with van der Waals surface area (Å²) in [4.78, 5) is 16.7. The molecule has 0 aromatic rings. The van der Waals surface area contributed by atoms with Gasteiger partial charge < -0.3 is 0 Å². The first-order valence-electron chi connectivity index (χ1n) is 8.81. The van der Waals surface area contributed by atoms with Crippen LogP contribution < -0.4 is 10.9 Å². The molecule has 3 fully saturated rings. The van der Waals surface area contributed by atoms with E-state index in [1.807, 2.05) is 0 Å². The molecule has 5 nitrogen and oxygen atoms in total. The van der Waals surface area contributed by atoms with Crippen molar-refractivity contribution in [2.75, 3.05) is 32.7 Å². The van der Waals surface area contributed by atoms with Gasteiger partial charge in [0.25, 0.3) is 5.91 Å². The van der Waals surface area contributed by atoms with Crippen molar-refractivity contribution in [3.05, 3.63) is 0 Å². The largest absolute Gasteiger partial charge is 0.298 e. The lowest BCUT2D eigenvalue weighted by atomic mass is 9.84. The number of hydrogen-bond donors (Lipinski definition) is 2. The summed E-state index contributed by atoms with van der Waals surface area (Å²) in [6.07, 6.45) is 7.04. The van der Waals surface area contributed by atoms with Crippen LogP contribution in [-0.4, -0.2) is 65.9 Å². The molecule has 6 heteroatoms. The Bertz CT molecular complexity index is 380. The van der Waals surface area contributed by atoms with Crippen LogP contribution in [0.3, 0.4) is 0 Å². The van der Waals surface area contributed by atoms with Crippen LogP contribution >= 0.6 is 11.6 Å². The number of piperazine rings is 1. The SMILES string of the molecule is C[C@H](C1CCCCC1)N1CCN(C2CNNC(=O)C2Cl)CC1. The molecule has 2 heterocycles. The maximum Gasteiger partial charge on any atom is 0.253 e. The maximum atomic E-state index is 11.7. The van der Waals surface area contributed by atoms with E-state index in [-0.39, 0.29) is 11.9 Å². The van der Waals surface area contributed by atoms with Gasteiger partial charge in [-0.05, 0) is 25.7 Å². The molecule has 2 N–H and O–H groups in total. The van der Waals surface area contributed by atoms with Crippen molar-refractivity contribution in [1.29, 1.82) is 0 Å². The van der Waals surface area contributed by atoms with Crippen LogP contribution in [0.25, 0.3) is 0 Å². The van der Waals surface area contributed by atoms with Gasteiger partial charge in [-0.3, -0.25) is 20.0 Å². The molecule has 1 amide bonds. The van der Waals surface area contributed by atoms with Crippen molar-refractivity contribution in [2.24, 2.45) is 5.92 Å². The fraction of sp³-hybridized carbons (Fsp3) is 0.938. The Morgan fingerprint density at radius 3 is 2.50 bits per heavy atom. The number of hydrazine groups is 1. The standard InChI is InChI=1S/C16H29ClN4O/c1-12(13-5-3-2-4-6-13)20-7-9-21(10-8-20)14-11-18-19-16(22)15(14)17/h12-15,18H,2-11H2,1H3,(H,19,22)/t12-,14?,15?/m1/s1. The normalized spacial score (nSPS) is 34.4. The third-order valence-electron chi connectivity index (χ3n) is 5.84. The zero-order chi connectivity index (χ0) is 15.5. The summed E-state index contributed by atoms with van der Waals surface area (Å²) in [5.41, 5.74) is 5.57. The fourth-order valence-electron chi connectivity index (χ4n) is 4.30. The number of halogens is 1. The highest BCUT2D eigenvalue weighted by molar-refractivity contribution is 6.31. The van der Waals surface area contributed by atoms with Crippen LogP contribution in [0.4, 0.5) is 0 Å². The first kappa shape index (κ1) is 16.5. The average Bonchev–Trinajstić information content (AvgIpc) is 2.58. The van der Waals surface area contributed by atoms with Crippen LogP contribution in [0.5, 0.6) is 0 Å². The molecule has 0 radical (unpaired) electrons. The van der Waals surface area contributed by atoms with Crippen LogP contribution in [0.1, 0.15) is 39.0 Å². The van der Waals surface area contributed by atoms with Crippen LogP contribution in [0, 0.1) is 5.92 Å². The lowest BCUT2D eigenvalue weighted by Crippen LogP contribution is -2.64. The maximum absolute atomic E-state index is 11.7. The summed E-state index contributed by atoms with van der Waals surface area (Å²) in [5.74, 6) is 0.777. The third kappa shape index (κ3) is 3.58. The topological polar surface area (TPSA) is 47.6 Å². The van der Waals surface area contributed by atoms with Gasteiger partial charge in [-0.2, -0.15) is 0 Å². The Labute approximate surface area is 138 Å². The number of alkyl halides is 1. The monoisotopic (exact) mass is 328 g/mol. The fourth-order valence-corrected chi connectivity index (χ4v) is 4.60. The van der Waals surface area contributed by atoms with Gasteiger partial charge in [0.15, 0.2) is 0 Å². The van der Waals surface area contributed by atoms with Gasteiger partial charge in [0.2, 0.25) is 0 Å². The molecule has 126 valence electrons. The number of nitrogens with zero attached hydrogens (tertiary/aromatic N) is 2. The quantitative estimate of drug-likeness (QED) is 0.764. The Morgan fingerprint density at radius 2 is 1.82 bits per heavy atom. The van der Waals surface area contributed by atoms with E-state index in [0.29, 0.717) is 6.04 Å². The molecule has 22 heavy (non-hydrogen) atoms. The van der Waals surface area contributed by atoms with Crippen molar-refractivity contribution >= 4 is 17.5 Å². The summed E-state index contributed by atoms with van der Waals surface area (Å²) >= 11 is 6.28. The number of hydrogen-bond acceptors (Lipinski definition) is 4. The van der Waals surface area contributed by atoms with Gasteiger partial charge in [0.1, 0.15) is 5.38 Å². The summed E-state index contributed by atoms with van der Waals surface area (Å²) in [7, 11) is 0. The number of rotatable bonds is 3. The molecule has 1 saturated carbocycles. The van der Waals surface area contributed by atoms with Gasteiger partial charge >= 0.3 is 0 Å². The van der Waals surface area contributed by atoms with Crippen LogP contribution in [0.2, 0.25) is 0 Å². The lowest BCUT2D eigenvalue weighted by Gasteiger charge is -2.45. The van der Waals surface area contributed by atoms with Gasteiger partial charge in [-0.25, -0.2) is 5.43 Å². The van der Waals surface area contributed by atoms with Crippen molar-refractivity contribution in [3.8, 4) is 0 Å². The molecule has 2 unspecified atom stereocenters. The number of nitrogens with one attached hydrogen (secondary N) is 2. The van der Waals surface area contributed by atoms with Crippen molar-refractivity contribution in [2.45, 2.75) is 56.5 Å². The number of carbonyl (C=O) groups excluding carboxylic acids is 1. The predicted molar refractivity (Wildman–Crippen MR) is 88.8 cm³/mol. The first-order valence-corrected chi connectivity index (χ1v) is 9.25. The molecule has 1 aliphatic carbocycles. The van der Waals surface area contributed by atoms with Crippen molar-refractivity contribution < 1.29 is 4.79 Å². The Balaban J connectivity index is 1.50. The van der Waals surface area contributed by atoms with Gasteiger partial charge in [0.05, 0.1) is 0 Å². The first-order chi connectivity index (χ1) is 10.7. The summed E-state index contributed by atoms with van der Waals surface area (Å²) in [5, 5.41) is -0.441. The smallest absolute Gasteiger partial charge is 0.253 e. The van der Waals surface area contributed by atoms with E-state index in [9.17, 15) is 4.79 Å². The predicted octanol–water partition coefficient (Wildman–Crippen LogP) is 1.18. The molecular formula is C16H29ClN4O. The van der Waals surface area contributed by atoms with E-state index in [4.69, 9.17) is 11.6 Å². The van der Waals surface area contributed by atoms with E-state index in [1.54, 1.807) is 0 Å². The molecule has 2 saturated heterocycles. The number of carbonyl (C=O) groups is 1. The molecule has 3 aliphatic rings. The Kier molecular flexibility index (Phi) is 5.60. The molecule has 2 aliphatic heterocycles. The molecule has 0 aromatic carbocycles. The minimum Gasteiger partial charge on any atom is -0.298 e. The van der Waals surface area contributed by atoms with E-state index in [0.717, 1.165) is 38.6 Å². The molecule has 0 spiro atoms. The van der Waals surface area contributed by atoms with Crippen molar-refractivity contribution in [1.82, 2.24) is 20.7 Å². The Morgan fingerprint density at radius 1 is 1.14 bits per heavy atom. The summed E-state index contributed by atoms with van der Waals surface area (Å²) in [6.45, 7) is 7.36. The molecule has 0 bridgehead atoms. The highest BCUT2D eigenvalue weighted by Crippen LogP contribution is 2.29. The van der Waals surface area contributed by atoms with Gasteiger partial charge in [-0.1, -0.05) is 19.3 Å². The summed E-state index contributed by atoms with van der Waals surface area (Å²) in [6, 6.07) is 0.810. The molecule has 3 rings (SSSR count). The number of amides is 1. The second-order valence-electron chi connectivity index (χ2n) is 7.05. The van der Waals surface area contributed by atoms with E-state index < -0.39 is 5.38 Å². The lowest BCUT2D eigenvalue weighted by molar-refractivity contribution is -0.125. The Hall–Kier alpha value is -0.360. The highest BCUT2D eigenvalue weighted by atomic mass is 35.5. The van der Waals surface area contributed by atoms with Gasteiger partial charge in [-0.15, -0.1) is 11.6 Å². The second kappa shape index (κ2) is 7.47. The molecule has 3 atom stereocenters. The minimum atomic E-state index is -0.441. The van der Waals surface area contributed by atoms with Crippen molar-refractivity contribution in [3.63, 3.8) is 0 Å². The van der Waals surface area contributed by atoms with Gasteiger partial charge in [0, 0.05) is 44.8 Å². The third-order valence-corrected chi connectivity index (χ3v) is 6.33. The van der Waals surface area contributed by atoms with E-state index >= 15 is 0 Å². The summed E-state index contributed by atoms with van der Waals surface area (Å²) < 4.78 is 0. The average molecular weight is 329 g/mol. The highest BCUT2D eigenvalue weighted by Gasteiger charge is 2.37. The molecular weight excluding hydrogens is 300 g/mol. The van der Waals surface area contributed by atoms with E-state index in [2.05, 4.69) is 27.6 Å². The zero-order valence-corrected chi connectivity index (χ0v) is 14.3. The van der Waals surface area contributed by atoms with E-state index in [1.165, 1.54) is 32.1 Å².